The summed E-state index contributed by atoms with van der Waals surface area (Å²) in [6, 6.07) is 5.04. The Morgan fingerprint density at radius 3 is 2.76 bits per heavy atom. The molecule has 7 heteroatoms. The number of benzene rings is 1. The van der Waals surface area contributed by atoms with Crippen LogP contribution in [0, 0.1) is 0 Å². The lowest BCUT2D eigenvalue weighted by Crippen LogP contribution is -2.24. The van der Waals surface area contributed by atoms with Crippen molar-refractivity contribution in [1.29, 1.82) is 0 Å². The third kappa shape index (κ3) is 4.18. The molecule has 0 radical (unpaired) electrons. The van der Waals surface area contributed by atoms with Crippen molar-refractivity contribution < 1.29 is 4.79 Å². The average molecular weight is 323 g/mol. The highest BCUT2D eigenvalue weighted by Gasteiger charge is 2.08. The number of carbonyl (C=O) groups is 1. The van der Waals surface area contributed by atoms with E-state index in [1.54, 1.807) is 24.3 Å². The Labute approximate surface area is 132 Å². The first kappa shape index (κ1) is 15.3. The molecule has 1 aromatic carbocycles. The fraction of sp³-hybridized carbons (Fsp3) is 0.0714. The Balaban J connectivity index is 2.10. The highest BCUT2D eigenvalue weighted by atomic mass is 35.5. The van der Waals surface area contributed by atoms with Crippen LogP contribution in [0.2, 0.25) is 10.0 Å². The van der Waals surface area contributed by atoms with Crippen LogP contribution in [0.4, 0.5) is 11.5 Å². The van der Waals surface area contributed by atoms with E-state index in [1.165, 1.54) is 12.4 Å². The van der Waals surface area contributed by atoms with Gasteiger partial charge in [0.05, 0.1) is 23.1 Å². The summed E-state index contributed by atoms with van der Waals surface area (Å²) in [5, 5.41) is 6.66. The topological polar surface area (TPSA) is 66.9 Å². The van der Waals surface area contributed by atoms with E-state index in [1.807, 2.05) is 0 Å². The van der Waals surface area contributed by atoms with Gasteiger partial charge in [-0.05, 0) is 18.2 Å². The molecule has 0 aliphatic carbocycles. The van der Waals surface area contributed by atoms with E-state index in [0.29, 0.717) is 28.1 Å². The number of anilines is 2. The van der Waals surface area contributed by atoms with Crippen molar-refractivity contribution in [3.63, 3.8) is 0 Å². The smallest absolute Gasteiger partial charge is 0.271 e. The minimum atomic E-state index is -0.310. The van der Waals surface area contributed by atoms with E-state index in [2.05, 4.69) is 27.2 Å². The Morgan fingerprint density at radius 1 is 1.29 bits per heavy atom. The number of nitrogens with zero attached hydrogens (tertiary/aromatic N) is 2. The summed E-state index contributed by atoms with van der Waals surface area (Å²) in [7, 11) is 0. The van der Waals surface area contributed by atoms with Gasteiger partial charge >= 0.3 is 0 Å². The van der Waals surface area contributed by atoms with Gasteiger partial charge in [-0.1, -0.05) is 29.3 Å². The quantitative estimate of drug-likeness (QED) is 0.827. The van der Waals surface area contributed by atoms with Crippen LogP contribution < -0.4 is 10.6 Å². The summed E-state index contributed by atoms with van der Waals surface area (Å²) in [6.45, 7) is 3.89. The number of halogens is 2. The Hall–Kier alpha value is -2.11. The van der Waals surface area contributed by atoms with Crippen molar-refractivity contribution in [1.82, 2.24) is 15.3 Å². The predicted octanol–water partition coefficient (Wildman–Crippen LogP) is 3.44. The largest absolute Gasteiger partial charge is 0.347 e. The van der Waals surface area contributed by atoms with Crippen molar-refractivity contribution in [2.24, 2.45) is 0 Å². The van der Waals surface area contributed by atoms with E-state index in [-0.39, 0.29) is 11.6 Å². The third-order valence-electron chi connectivity index (χ3n) is 2.48. The molecule has 1 aromatic heterocycles. The monoisotopic (exact) mass is 322 g/mol. The summed E-state index contributed by atoms with van der Waals surface area (Å²) in [5.41, 5.74) is 0.835. The maximum atomic E-state index is 11.7. The van der Waals surface area contributed by atoms with Crippen LogP contribution in [-0.4, -0.2) is 22.4 Å². The molecule has 0 aliphatic heterocycles. The number of hydrogen-bond donors (Lipinski definition) is 2. The Bertz CT molecular complexity index is 659. The molecule has 1 amide bonds. The van der Waals surface area contributed by atoms with Gasteiger partial charge in [0.1, 0.15) is 11.5 Å². The van der Waals surface area contributed by atoms with Gasteiger partial charge in [0.25, 0.3) is 5.91 Å². The zero-order chi connectivity index (χ0) is 15.2. The first-order valence-electron chi connectivity index (χ1n) is 6.03. The number of nitrogens with one attached hydrogen (secondary N) is 2. The zero-order valence-electron chi connectivity index (χ0n) is 10.9. The maximum absolute atomic E-state index is 11.7. The van der Waals surface area contributed by atoms with Gasteiger partial charge in [0.15, 0.2) is 0 Å². The average Bonchev–Trinajstić information content (AvgIpc) is 2.49. The van der Waals surface area contributed by atoms with Crippen LogP contribution in [0.3, 0.4) is 0 Å². The van der Waals surface area contributed by atoms with Crippen LogP contribution in [0.15, 0.2) is 43.2 Å². The molecule has 108 valence electrons. The molecule has 0 unspecified atom stereocenters. The molecule has 0 aliphatic rings. The highest BCUT2D eigenvalue weighted by Crippen LogP contribution is 2.27. The first-order valence-corrected chi connectivity index (χ1v) is 6.79. The molecule has 1 heterocycles. The molecule has 0 bridgehead atoms. The first-order chi connectivity index (χ1) is 10.1. The van der Waals surface area contributed by atoms with Crippen LogP contribution >= 0.6 is 23.2 Å². The lowest BCUT2D eigenvalue weighted by Gasteiger charge is -2.08. The lowest BCUT2D eigenvalue weighted by atomic mass is 10.3. The minimum Gasteiger partial charge on any atom is -0.347 e. The number of rotatable bonds is 5. The van der Waals surface area contributed by atoms with Crippen LogP contribution in [0.1, 0.15) is 10.5 Å². The SMILES string of the molecule is C=CCNC(=O)c1cnc(Nc2cc(Cl)ccc2Cl)cn1. The predicted molar refractivity (Wildman–Crippen MR) is 84.3 cm³/mol. The van der Waals surface area contributed by atoms with E-state index >= 15 is 0 Å². The summed E-state index contributed by atoms with van der Waals surface area (Å²) in [5.74, 6) is 0.147. The van der Waals surface area contributed by atoms with Gasteiger partial charge in [-0.3, -0.25) is 4.79 Å². The Kier molecular flexibility index (Phi) is 5.14. The second-order valence-corrected chi connectivity index (χ2v) is 4.88. The van der Waals surface area contributed by atoms with E-state index in [4.69, 9.17) is 23.2 Å². The summed E-state index contributed by atoms with van der Waals surface area (Å²) < 4.78 is 0. The third-order valence-corrected chi connectivity index (χ3v) is 3.05. The van der Waals surface area contributed by atoms with E-state index in [9.17, 15) is 4.79 Å². The van der Waals surface area contributed by atoms with Gasteiger partial charge in [-0.15, -0.1) is 6.58 Å². The fourth-order valence-electron chi connectivity index (χ4n) is 1.50. The molecule has 2 aromatic rings. The van der Waals surface area contributed by atoms with E-state index in [0.717, 1.165) is 0 Å². The van der Waals surface area contributed by atoms with Gasteiger partial charge in [-0.2, -0.15) is 0 Å². The second kappa shape index (κ2) is 7.06. The van der Waals surface area contributed by atoms with Gasteiger partial charge in [-0.25, -0.2) is 9.97 Å². The summed E-state index contributed by atoms with van der Waals surface area (Å²) in [6.07, 6.45) is 4.40. The molecule has 5 nitrogen and oxygen atoms in total. The molecule has 0 atom stereocenters. The zero-order valence-corrected chi connectivity index (χ0v) is 12.4. The van der Waals surface area contributed by atoms with Crippen molar-refractivity contribution in [2.45, 2.75) is 0 Å². The normalized spacial score (nSPS) is 10.0. The van der Waals surface area contributed by atoms with Gasteiger partial charge in [0, 0.05) is 11.6 Å². The molecule has 21 heavy (non-hydrogen) atoms. The number of carbonyl (C=O) groups excluding carboxylic acids is 1. The number of aromatic nitrogens is 2. The molecule has 2 N–H and O–H groups in total. The van der Waals surface area contributed by atoms with Crippen LogP contribution in [0.5, 0.6) is 0 Å². The molecule has 0 fully saturated rings. The van der Waals surface area contributed by atoms with Crippen LogP contribution in [0.25, 0.3) is 0 Å². The molecular formula is C14H12Cl2N4O. The lowest BCUT2D eigenvalue weighted by molar-refractivity contribution is 0.0952. The van der Waals surface area contributed by atoms with Crippen molar-refractivity contribution in [2.75, 3.05) is 11.9 Å². The molecule has 0 saturated heterocycles. The Morgan fingerprint density at radius 2 is 2.10 bits per heavy atom. The summed E-state index contributed by atoms with van der Waals surface area (Å²) in [4.78, 5) is 19.8. The number of amides is 1. The standard InChI is InChI=1S/C14H12Cl2N4O/c1-2-5-17-14(21)12-7-19-13(8-18-12)20-11-6-9(15)3-4-10(11)16/h2-4,6-8H,1,5H2,(H,17,21)(H,19,20). The fourth-order valence-corrected chi connectivity index (χ4v) is 1.83. The van der Waals surface area contributed by atoms with Crippen molar-refractivity contribution >= 4 is 40.6 Å². The summed E-state index contributed by atoms with van der Waals surface area (Å²) >= 11 is 11.9. The second-order valence-electron chi connectivity index (χ2n) is 4.03. The van der Waals surface area contributed by atoms with Crippen LogP contribution in [-0.2, 0) is 0 Å². The maximum Gasteiger partial charge on any atom is 0.271 e. The van der Waals surface area contributed by atoms with Gasteiger partial charge < -0.3 is 10.6 Å². The molecule has 0 spiro atoms. The van der Waals surface area contributed by atoms with E-state index < -0.39 is 0 Å². The minimum absolute atomic E-state index is 0.222. The van der Waals surface area contributed by atoms with Crippen molar-refractivity contribution in [3.8, 4) is 0 Å². The van der Waals surface area contributed by atoms with Gasteiger partial charge in [0.2, 0.25) is 0 Å². The van der Waals surface area contributed by atoms with Crippen molar-refractivity contribution in [3.05, 3.63) is 59.0 Å². The molecule has 2 rings (SSSR count). The molecule has 0 saturated carbocycles. The highest BCUT2D eigenvalue weighted by molar-refractivity contribution is 6.35. The molecular weight excluding hydrogens is 311 g/mol. The number of hydrogen-bond acceptors (Lipinski definition) is 4.